The molecular formula is C7H11NO4. The lowest BCUT2D eigenvalue weighted by molar-refractivity contribution is -0.154. The summed E-state index contributed by atoms with van der Waals surface area (Å²) in [5.41, 5.74) is 0. The van der Waals surface area contributed by atoms with Crippen molar-refractivity contribution in [1.82, 2.24) is 5.32 Å². The smallest absolute Gasteiger partial charge is 0.356 e. The largest absolute Gasteiger partial charge is 0.466 e. The lowest BCUT2D eigenvalue weighted by Gasteiger charge is -2.07. The van der Waals surface area contributed by atoms with Gasteiger partial charge in [0, 0.05) is 0 Å². The van der Waals surface area contributed by atoms with Crippen molar-refractivity contribution in [1.29, 1.82) is 0 Å². The molecule has 5 heteroatoms. The molecule has 0 aromatic heterocycles. The highest BCUT2D eigenvalue weighted by Crippen LogP contribution is 1.82. The molecule has 1 unspecified atom stereocenters. The van der Waals surface area contributed by atoms with Crippen LogP contribution in [-0.4, -0.2) is 30.3 Å². The Morgan fingerprint density at radius 2 is 2.17 bits per heavy atom. The number of nitrogens with one attached hydrogen (secondary N) is 1. The van der Waals surface area contributed by atoms with Gasteiger partial charge in [-0.15, -0.1) is 0 Å². The van der Waals surface area contributed by atoms with Crippen molar-refractivity contribution >= 4 is 11.9 Å². The van der Waals surface area contributed by atoms with Crippen LogP contribution in [0.5, 0.6) is 0 Å². The summed E-state index contributed by atoms with van der Waals surface area (Å²) in [7, 11) is 1.12. The van der Waals surface area contributed by atoms with Gasteiger partial charge >= 0.3 is 5.97 Å². The van der Waals surface area contributed by atoms with E-state index in [9.17, 15) is 9.59 Å². The van der Waals surface area contributed by atoms with Crippen LogP contribution in [0.1, 0.15) is 6.92 Å². The molecule has 68 valence electrons. The number of aliphatic hydroxyl groups is 1. The maximum Gasteiger partial charge on any atom is 0.356 e. The molecule has 0 aromatic rings. The first-order valence-electron chi connectivity index (χ1n) is 3.31. The molecule has 12 heavy (non-hydrogen) atoms. The van der Waals surface area contributed by atoms with Gasteiger partial charge in [-0.25, -0.2) is 4.79 Å². The number of carbonyl (C=O) groups excluding carboxylic acids is 2. The second-order valence-corrected chi connectivity index (χ2v) is 1.93. The molecule has 0 aliphatic carbocycles. The summed E-state index contributed by atoms with van der Waals surface area (Å²) in [6.45, 7) is 1.64. The van der Waals surface area contributed by atoms with E-state index in [1.165, 1.54) is 12.2 Å². The van der Waals surface area contributed by atoms with Crippen molar-refractivity contribution < 1.29 is 19.4 Å². The number of methoxy groups -OCH3 is 1. The van der Waals surface area contributed by atoms with E-state index >= 15 is 0 Å². The first-order valence-corrected chi connectivity index (χ1v) is 3.31. The minimum atomic E-state index is -1.60. The van der Waals surface area contributed by atoms with Gasteiger partial charge in [-0.2, -0.15) is 0 Å². The van der Waals surface area contributed by atoms with Gasteiger partial charge in [0.25, 0.3) is 0 Å². The van der Waals surface area contributed by atoms with Crippen LogP contribution in [-0.2, 0) is 14.3 Å². The van der Waals surface area contributed by atoms with Crippen LogP contribution in [0.3, 0.4) is 0 Å². The van der Waals surface area contributed by atoms with Gasteiger partial charge < -0.3 is 15.2 Å². The Bertz CT molecular complexity index is 200. The van der Waals surface area contributed by atoms with Gasteiger partial charge in [-0.05, 0) is 13.0 Å². The summed E-state index contributed by atoms with van der Waals surface area (Å²) in [6.07, 6.45) is 1.07. The molecule has 0 spiro atoms. The molecule has 0 bridgehead atoms. The highest BCUT2D eigenvalue weighted by Gasteiger charge is 2.15. The number of carbonyl (C=O) groups is 2. The van der Waals surface area contributed by atoms with Crippen molar-refractivity contribution in [3.05, 3.63) is 12.2 Å². The Balaban J connectivity index is 3.92. The maximum absolute atomic E-state index is 10.7. The summed E-state index contributed by atoms with van der Waals surface area (Å²) in [5, 5.41) is 10.9. The van der Waals surface area contributed by atoms with Crippen LogP contribution < -0.4 is 5.32 Å². The Labute approximate surface area is 70.0 Å². The van der Waals surface area contributed by atoms with Crippen molar-refractivity contribution in [3.63, 3.8) is 0 Å². The zero-order valence-electron chi connectivity index (χ0n) is 6.90. The molecular weight excluding hydrogens is 162 g/mol. The minimum Gasteiger partial charge on any atom is -0.466 e. The molecule has 0 aromatic carbocycles. The van der Waals surface area contributed by atoms with E-state index in [0.717, 1.165) is 7.11 Å². The molecule has 1 atom stereocenters. The first-order chi connectivity index (χ1) is 5.61. The fourth-order valence-electron chi connectivity index (χ4n) is 0.505. The van der Waals surface area contributed by atoms with Gasteiger partial charge in [-0.1, -0.05) is 6.08 Å². The van der Waals surface area contributed by atoms with E-state index < -0.39 is 18.1 Å². The monoisotopic (exact) mass is 173 g/mol. The fraction of sp³-hybridized carbons (Fsp3) is 0.429. The Hall–Kier alpha value is -1.36. The average Bonchev–Trinajstić information content (AvgIpc) is 2.03. The number of rotatable bonds is 3. The number of aliphatic hydroxyl groups excluding tert-OH is 1. The fourth-order valence-corrected chi connectivity index (χ4v) is 0.505. The predicted octanol–water partition coefficient (Wildman–Crippen LogP) is -0.830. The Morgan fingerprint density at radius 1 is 1.58 bits per heavy atom. The molecule has 0 aliphatic rings. The number of allylic oxidation sites excluding steroid dienone is 1. The van der Waals surface area contributed by atoms with Crippen LogP contribution in [0, 0.1) is 0 Å². The molecule has 0 heterocycles. The van der Waals surface area contributed by atoms with Gasteiger partial charge in [-0.3, -0.25) is 4.79 Å². The van der Waals surface area contributed by atoms with Crippen LogP contribution in [0.4, 0.5) is 0 Å². The normalized spacial score (nSPS) is 12.6. The maximum atomic E-state index is 10.7. The standard InChI is InChI=1S/C7H11NO4/c1-3-4-5(9)8-6(10)7(11)12-2/h3-4,6,10H,1-2H3,(H,8,9). The van der Waals surface area contributed by atoms with Crippen molar-refractivity contribution in [2.45, 2.75) is 13.2 Å². The molecule has 5 nitrogen and oxygen atoms in total. The molecule has 0 radical (unpaired) electrons. The number of esters is 1. The molecule has 0 rings (SSSR count). The number of amides is 1. The van der Waals surface area contributed by atoms with Crippen molar-refractivity contribution in [3.8, 4) is 0 Å². The molecule has 0 saturated carbocycles. The average molecular weight is 173 g/mol. The Morgan fingerprint density at radius 3 is 2.58 bits per heavy atom. The van der Waals surface area contributed by atoms with Crippen LogP contribution in [0.25, 0.3) is 0 Å². The van der Waals surface area contributed by atoms with E-state index in [2.05, 4.69) is 4.74 Å². The highest BCUT2D eigenvalue weighted by molar-refractivity contribution is 5.90. The topological polar surface area (TPSA) is 75.6 Å². The van der Waals surface area contributed by atoms with E-state index in [-0.39, 0.29) is 0 Å². The molecule has 0 saturated heterocycles. The second-order valence-electron chi connectivity index (χ2n) is 1.93. The van der Waals surface area contributed by atoms with E-state index in [1.807, 2.05) is 5.32 Å². The highest BCUT2D eigenvalue weighted by atomic mass is 16.5. The van der Waals surface area contributed by atoms with Crippen molar-refractivity contribution in [2.24, 2.45) is 0 Å². The van der Waals surface area contributed by atoms with Crippen LogP contribution in [0.15, 0.2) is 12.2 Å². The summed E-state index contributed by atoms with van der Waals surface area (Å²) in [5.74, 6) is -1.44. The van der Waals surface area contributed by atoms with E-state index in [1.54, 1.807) is 6.92 Å². The second kappa shape index (κ2) is 5.31. The third kappa shape index (κ3) is 3.72. The SMILES string of the molecule is CC=CC(=O)NC(O)C(=O)OC. The van der Waals surface area contributed by atoms with Gasteiger partial charge in [0.1, 0.15) is 0 Å². The number of hydrogen-bond acceptors (Lipinski definition) is 4. The molecule has 0 aliphatic heterocycles. The quantitative estimate of drug-likeness (QED) is 0.332. The number of ether oxygens (including phenoxy) is 1. The number of hydrogen-bond donors (Lipinski definition) is 2. The van der Waals surface area contributed by atoms with Crippen LogP contribution >= 0.6 is 0 Å². The summed E-state index contributed by atoms with van der Waals surface area (Å²) < 4.78 is 4.16. The predicted molar refractivity (Wildman–Crippen MR) is 41.0 cm³/mol. The Kier molecular flexibility index (Phi) is 4.71. The first kappa shape index (κ1) is 10.6. The minimum absolute atomic E-state index is 0.546. The van der Waals surface area contributed by atoms with Crippen LogP contribution in [0.2, 0.25) is 0 Å². The summed E-state index contributed by atoms with van der Waals surface area (Å²) in [6, 6.07) is 0. The third-order valence-corrected chi connectivity index (χ3v) is 1.02. The zero-order chi connectivity index (χ0) is 9.56. The third-order valence-electron chi connectivity index (χ3n) is 1.02. The molecule has 2 N–H and O–H groups in total. The summed E-state index contributed by atoms with van der Waals surface area (Å²) in [4.78, 5) is 21.2. The lowest BCUT2D eigenvalue weighted by Crippen LogP contribution is -2.40. The van der Waals surface area contributed by atoms with Gasteiger partial charge in [0.05, 0.1) is 7.11 Å². The van der Waals surface area contributed by atoms with Gasteiger partial charge in [0.15, 0.2) is 0 Å². The van der Waals surface area contributed by atoms with Crippen molar-refractivity contribution in [2.75, 3.05) is 7.11 Å². The molecule has 0 fully saturated rings. The van der Waals surface area contributed by atoms with E-state index in [0.29, 0.717) is 0 Å². The van der Waals surface area contributed by atoms with Gasteiger partial charge in [0.2, 0.25) is 12.1 Å². The molecule has 1 amide bonds. The zero-order valence-corrected chi connectivity index (χ0v) is 6.90. The van der Waals surface area contributed by atoms with E-state index in [4.69, 9.17) is 5.11 Å². The summed E-state index contributed by atoms with van der Waals surface area (Å²) >= 11 is 0. The lowest BCUT2D eigenvalue weighted by atomic mass is 10.4.